The normalized spacial score (nSPS) is 17.4. The van der Waals surface area contributed by atoms with Gasteiger partial charge >= 0.3 is 0 Å². The number of hydrogen-bond donors (Lipinski definition) is 1. The molecule has 1 aliphatic rings. The van der Waals surface area contributed by atoms with Crippen LogP contribution >= 0.6 is 0 Å². The summed E-state index contributed by atoms with van der Waals surface area (Å²) in [6.07, 6.45) is 0.359. The first-order valence-corrected chi connectivity index (χ1v) is 10.1. The number of fused-ring (bicyclic) bond motifs is 1. The van der Waals surface area contributed by atoms with Gasteiger partial charge in [0, 0.05) is 12.2 Å². The topological polar surface area (TPSA) is 75.7 Å². The first-order chi connectivity index (χ1) is 12.4. The number of nitrogens with zero attached hydrogens (tertiary/aromatic N) is 1. The molecule has 0 aromatic heterocycles. The van der Waals surface area contributed by atoms with Crippen molar-refractivity contribution in [3.8, 4) is 5.75 Å². The van der Waals surface area contributed by atoms with Crippen molar-refractivity contribution < 1.29 is 17.9 Å². The van der Waals surface area contributed by atoms with Gasteiger partial charge in [0.1, 0.15) is 11.8 Å². The lowest BCUT2D eigenvalue weighted by Gasteiger charge is -2.34. The van der Waals surface area contributed by atoms with Gasteiger partial charge in [-0.15, -0.1) is 0 Å². The number of carbonyl (C=O) groups is 1. The Labute approximate surface area is 153 Å². The Balaban J connectivity index is 1.87. The second kappa shape index (κ2) is 7.47. The van der Waals surface area contributed by atoms with Crippen molar-refractivity contribution in [2.45, 2.75) is 25.9 Å². The van der Waals surface area contributed by atoms with Crippen LogP contribution in [-0.2, 0) is 27.8 Å². The molecule has 1 amide bonds. The lowest BCUT2D eigenvalue weighted by molar-refractivity contribution is -0.120. The second-order valence-corrected chi connectivity index (χ2v) is 8.36. The molecule has 0 spiro atoms. The minimum Gasteiger partial charge on any atom is -0.497 e. The number of ether oxygens (including phenoxy) is 1. The summed E-state index contributed by atoms with van der Waals surface area (Å²) in [7, 11) is -1.94. The van der Waals surface area contributed by atoms with Gasteiger partial charge in [0.25, 0.3) is 0 Å². The summed E-state index contributed by atoms with van der Waals surface area (Å²) in [5.74, 6) is 0.313. The highest BCUT2D eigenvalue weighted by atomic mass is 32.2. The summed E-state index contributed by atoms with van der Waals surface area (Å²) in [5.41, 5.74) is 2.55. The Hall–Kier alpha value is -2.38. The average Bonchev–Trinajstić information content (AvgIpc) is 2.67. The van der Waals surface area contributed by atoms with Crippen molar-refractivity contribution in [3.63, 3.8) is 0 Å². The number of carbonyl (C=O) groups excluding carboxylic acids is 1. The smallest absolute Gasteiger partial charge is 0.243 e. The van der Waals surface area contributed by atoms with Crippen LogP contribution in [0.1, 0.15) is 18.1 Å². The third kappa shape index (κ3) is 3.73. The van der Waals surface area contributed by atoms with E-state index in [1.165, 1.54) is 4.31 Å². The minimum absolute atomic E-state index is 0.0402. The molecule has 0 radical (unpaired) electrons. The third-order valence-electron chi connectivity index (χ3n) is 4.59. The lowest BCUT2D eigenvalue weighted by atomic mass is 9.95. The van der Waals surface area contributed by atoms with E-state index in [1.807, 2.05) is 24.3 Å². The molecule has 2 aromatic rings. The summed E-state index contributed by atoms with van der Waals surface area (Å²) in [6.45, 7) is 1.81. The van der Waals surface area contributed by atoms with Gasteiger partial charge in [-0.3, -0.25) is 4.79 Å². The van der Waals surface area contributed by atoms with Crippen molar-refractivity contribution in [2.75, 3.05) is 18.2 Å². The molecule has 7 heteroatoms. The van der Waals surface area contributed by atoms with Crippen LogP contribution in [0.3, 0.4) is 0 Å². The Morgan fingerprint density at radius 3 is 2.42 bits per heavy atom. The molecule has 1 atom stereocenters. The maximum Gasteiger partial charge on any atom is 0.243 e. The number of rotatable bonds is 5. The monoisotopic (exact) mass is 374 g/mol. The highest BCUT2D eigenvalue weighted by Crippen LogP contribution is 2.27. The van der Waals surface area contributed by atoms with E-state index in [-0.39, 0.29) is 18.2 Å². The number of hydrogen-bond acceptors (Lipinski definition) is 4. The van der Waals surface area contributed by atoms with E-state index in [0.717, 1.165) is 11.1 Å². The molecular formula is C19H22N2O4S. The van der Waals surface area contributed by atoms with Gasteiger partial charge in [0.05, 0.1) is 12.9 Å². The van der Waals surface area contributed by atoms with E-state index in [2.05, 4.69) is 5.32 Å². The van der Waals surface area contributed by atoms with E-state index in [0.29, 0.717) is 17.9 Å². The van der Waals surface area contributed by atoms with Gasteiger partial charge in [-0.25, -0.2) is 8.42 Å². The molecule has 3 rings (SSSR count). The summed E-state index contributed by atoms with van der Waals surface area (Å²) in [6, 6.07) is 13.8. The highest BCUT2D eigenvalue weighted by Gasteiger charge is 2.37. The maximum absolute atomic E-state index is 12.9. The molecule has 2 aromatic carbocycles. The molecule has 0 fully saturated rings. The van der Waals surface area contributed by atoms with Gasteiger partial charge in [0.15, 0.2) is 0 Å². The van der Waals surface area contributed by atoms with E-state index in [4.69, 9.17) is 4.74 Å². The van der Waals surface area contributed by atoms with Crippen LogP contribution in [0, 0.1) is 0 Å². The highest BCUT2D eigenvalue weighted by molar-refractivity contribution is 7.89. The number of anilines is 1. The second-order valence-electron chi connectivity index (χ2n) is 6.15. The van der Waals surface area contributed by atoms with E-state index < -0.39 is 16.1 Å². The number of sulfonamides is 1. The van der Waals surface area contributed by atoms with Crippen LogP contribution < -0.4 is 10.1 Å². The molecule has 0 bridgehead atoms. The molecular weight excluding hydrogens is 352 g/mol. The number of nitrogens with one attached hydrogen (secondary N) is 1. The molecule has 26 heavy (non-hydrogen) atoms. The van der Waals surface area contributed by atoms with E-state index in [9.17, 15) is 13.2 Å². The average molecular weight is 374 g/mol. The van der Waals surface area contributed by atoms with Crippen molar-refractivity contribution in [1.82, 2.24) is 4.31 Å². The molecule has 6 nitrogen and oxygen atoms in total. The Bertz CT molecular complexity index is 894. The van der Waals surface area contributed by atoms with Crippen LogP contribution in [0.4, 0.5) is 5.69 Å². The van der Waals surface area contributed by atoms with Gasteiger partial charge in [-0.2, -0.15) is 4.31 Å². The van der Waals surface area contributed by atoms with Crippen molar-refractivity contribution in [2.24, 2.45) is 0 Å². The molecule has 1 aliphatic heterocycles. The minimum atomic E-state index is -3.51. The predicted octanol–water partition coefficient (Wildman–Crippen LogP) is 2.41. The van der Waals surface area contributed by atoms with Crippen molar-refractivity contribution >= 4 is 21.6 Å². The molecule has 1 N–H and O–H groups in total. The summed E-state index contributed by atoms with van der Waals surface area (Å²) in [4.78, 5) is 12.9. The van der Waals surface area contributed by atoms with Crippen molar-refractivity contribution in [3.05, 3.63) is 59.7 Å². The van der Waals surface area contributed by atoms with E-state index >= 15 is 0 Å². The Morgan fingerprint density at radius 1 is 1.15 bits per heavy atom. The quantitative estimate of drug-likeness (QED) is 0.872. The fourth-order valence-electron chi connectivity index (χ4n) is 3.08. The number of benzene rings is 2. The first-order valence-electron chi connectivity index (χ1n) is 8.46. The summed E-state index contributed by atoms with van der Waals surface area (Å²) < 4.78 is 31.5. The van der Waals surface area contributed by atoms with Gasteiger partial charge in [-0.05, 0) is 48.7 Å². The van der Waals surface area contributed by atoms with Crippen LogP contribution in [0.5, 0.6) is 5.75 Å². The molecule has 0 saturated heterocycles. The van der Waals surface area contributed by atoms with Crippen LogP contribution in [0.2, 0.25) is 0 Å². The molecule has 0 saturated carbocycles. The van der Waals surface area contributed by atoms with Gasteiger partial charge in [-0.1, -0.05) is 24.3 Å². The Kier molecular flexibility index (Phi) is 5.29. The largest absolute Gasteiger partial charge is 0.497 e. The summed E-state index contributed by atoms with van der Waals surface area (Å²) >= 11 is 0. The third-order valence-corrected chi connectivity index (χ3v) is 6.42. The van der Waals surface area contributed by atoms with Crippen LogP contribution in [0.25, 0.3) is 0 Å². The molecule has 138 valence electrons. The number of methoxy groups -OCH3 is 1. The zero-order valence-corrected chi connectivity index (χ0v) is 15.6. The standard InChI is InChI=1S/C19H22N2O4S/c1-3-26(23,24)21-13-15-7-5-4-6-14(15)12-18(21)19(22)20-16-8-10-17(25-2)11-9-16/h4-11,18H,3,12-13H2,1-2H3,(H,20,22)/t18-/m1/s1. The number of amides is 1. The van der Waals surface area contributed by atoms with Gasteiger partial charge < -0.3 is 10.1 Å². The zero-order chi connectivity index (χ0) is 18.7. The summed E-state index contributed by atoms with van der Waals surface area (Å²) in [5, 5.41) is 2.82. The fourth-order valence-corrected chi connectivity index (χ4v) is 4.31. The lowest BCUT2D eigenvalue weighted by Crippen LogP contribution is -2.51. The SMILES string of the molecule is CCS(=O)(=O)N1Cc2ccccc2C[C@@H]1C(=O)Nc1ccc(OC)cc1. The van der Waals surface area contributed by atoms with E-state index in [1.54, 1.807) is 38.3 Å². The predicted molar refractivity (Wildman–Crippen MR) is 101 cm³/mol. The van der Waals surface area contributed by atoms with Gasteiger partial charge in [0.2, 0.25) is 15.9 Å². The molecule has 0 aliphatic carbocycles. The zero-order valence-electron chi connectivity index (χ0n) is 14.8. The maximum atomic E-state index is 12.9. The Morgan fingerprint density at radius 2 is 1.81 bits per heavy atom. The van der Waals surface area contributed by atoms with Crippen molar-refractivity contribution in [1.29, 1.82) is 0 Å². The molecule has 1 heterocycles. The fraction of sp³-hybridized carbons (Fsp3) is 0.316. The van der Waals surface area contributed by atoms with Crippen LogP contribution in [-0.4, -0.2) is 37.5 Å². The molecule has 0 unspecified atom stereocenters. The van der Waals surface area contributed by atoms with Crippen LogP contribution in [0.15, 0.2) is 48.5 Å². The first kappa shape index (κ1) is 18.4.